The molecule has 5 heteroatoms. The molecule has 0 bridgehead atoms. The minimum Gasteiger partial charge on any atom is -0.325 e. The normalized spacial score (nSPS) is 10.4. The quantitative estimate of drug-likeness (QED) is 0.800. The maximum absolute atomic E-state index is 11.0. The average Bonchev–Trinajstić information content (AvgIpc) is 2.64. The first-order chi connectivity index (χ1) is 6.79. The fourth-order valence-corrected chi connectivity index (χ4v) is 1.91. The highest BCUT2D eigenvalue weighted by Crippen LogP contribution is 2.21. The van der Waals surface area contributed by atoms with Crippen LogP contribution in [0.5, 0.6) is 0 Å². The van der Waals surface area contributed by atoms with E-state index in [-0.39, 0.29) is 11.8 Å². The SMILES string of the molecule is O=C(CCl)Nc1ccc2ncsc2c1. The van der Waals surface area contributed by atoms with E-state index in [9.17, 15) is 4.79 Å². The number of nitrogens with one attached hydrogen (secondary N) is 1. The minimum atomic E-state index is -0.199. The molecule has 3 nitrogen and oxygen atoms in total. The van der Waals surface area contributed by atoms with Gasteiger partial charge in [-0.15, -0.1) is 22.9 Å². The molecule has 2 aromatic rings. The molecular weight excluding hydrogens is 220 g/mol. The lowest BCUT2D eigenvalue weighted by atomic mass is 10.3. The Kier molecular flexibility index (Phi) is 2.65. The average molecular weight is 227 g/mol. The van der Waals surface area contributed by atoms with E-state index in [1.807, 2.05) is 18.2 Å². The molecule has 0 spiro atoms. The highest BCUT2D eigenvalue weighted by Gasteiger charge is 2.01. The number of amides is 1. The Morgan fingerprint density at radius 1 is 1.57 bits per heavy atom. The minimum absolute atomic E-state index is 0.0271. The Balaban J connectivity index is 2.30. The summed E-state index contributed by atoms with van der Waals surface area (Å²) in [4.78, 5) is 15.1. The third-order valence-corrected chi connectivity index (χ3v) is 2.77. The predicted octanol–water partition coefficient (Wildman–Crippen LogP) is 2.47. The smallest absolute Gasteiger partial charge is 0.239 e. The summed E-state index contributed by atoms with van der Waals surface area (Å²) in [5.74, 6) is -0.226. The zero-order chi connectivity index (χ0) is 9.97. The van der Waals surface area contributed by atoms with Crippen LogP contribution in [0, 0.1) is 0 Å². The molecule has 0 aliphatic heterocycles. The molecule has 0 fully saturated rings. The van der Waals surface area contributed by atoms with E-state index in [1.54, 1.807) is 16.8 Å². The second kappa shape index (κ2) is 3.94. The predicted molar refractivity (Wildman–Crippen MR) is 59.0 cm³/mol. The van der Waals surface area contributed by atoms with E-state index >= 15 is 0 Å². The van der Waals surface area contributed by atoms with E-state index in [2.05, 4.69) is 10.3 Å². The van der Waals surface area contributed by atoms with Crippen LogP contribution in [0.1, 0.15) is 0 Å². The standard InChI is InChI=1S/C9H7ClN2OS/c10-4-9(13)12-6-1-2-7-8(3-6)14-5-11-7/h1-3,5H,4H2,(H,12,13). The summed E-state index contributed by atoms with van der Waals surface area (Å²) in [6.45, 7) is 0. The summed E-state index contributed by atoms with van der Waals surface area (Å²) in [6.07, 6.45) is 0. The number of anilines is 1. The highest BCUT2D eigenvalue weighted by atomic mass is 35.5. The zero-order valence-electron chi connectivity index (χ0n) is 7.16. The Labute approximate surface area is 89.7 Å². The van der Waals surface area contributed by atoms with Crippen LogP contribution < -0.4 is 5.32 Å². The van der Waals surface area contributed by atoms with Crippen LogP contribution in [-0.4, -0.2) is 16.8 Å². The molecule has 0 aliphatic rings. The Bertz CT molecular complexity index is 469. The van der Waals surface area contributed by atoms with Crippen molar-refractivity contribution in [2.45, 2.75) is 0 Å². The summed E-state index contributed by atoms with van der Waals surface area (Å²) in [6, 6.07) is 5.57. The summed E-state index contributed by atoms with van der Waals surface area (Å²) < 4.78 is 1.05. The van der Waals surface area contributed by atoms with Gasteiger partial charge in [-0.2, -0.15) is 0 Å². The van der Waals surface area contributed by atoms with Crippen molar-refractivity contribution in [2.75, 3.05) is 11.2 Å². The number of nitrogens with zero attached hydrogens (tertiary/aromatic N) is 1. The number of benzene rings is 1. The van der Waals surface area contributed by atoms with Gasteiger partial charge in [-0.25, -0.2) is 4.98 Å². The van der Waals surface area contributed by atoms with Crippen LogP contribution in [0.25, 0.3) is 10.2 Å². The highest BCUT2D eigenvalue weighted by molar-refractivity contribution is 7.16. The monoisotopic (exact) mass is 226 g/mol. The molecule has 72 valence electrons. The molecule has 0 saturated heterocycles. The number of hydrogen-bond donors (Lipinski definition) is 1. The summed E-state index contributed by atoms with van der Waals surface area (Å²) in [7, 11) is 0. The lowest BCUT2D eigenvalue weighted by molar-refractivity contribution is -0.113. The molecule has 1 aromatic heterocycles. The van der Waals surface area contributed by atoms with E-state index in [0.29, 0.717) is 0 Å². The summed E-state index contributed by atoms with van der Waals surface area (Å²) in [5, 5.41) is 2.68. The van der Waals surface area contributed by atoms with E-state index in [0.717, 1.165) is 15.9 Å². The first-order valence-corrected chi connectivity index (χ1v) is 5.40. The maximum Gasteiger partial charge on any atom is 0.239 e. The molecule has 2 rings (SSSR count). The zero-order valence-corrected chi connectivity index (χ0v) is 8.73. The third-order valence-electron chi connectivity index (χ3n) is 1.74. The first-order valence-electron chi connectivity index (χ1n) is 3.98. The van der Waals surface area contributed by atoms with Crippen molar-refractivity contribution in [2.24, 2.45) is 0 Å². The number of halogens is 1. The molecule has 1 N–H and O–H groups in total. The van der Waals surface area contributed by atoms with Gasteiger partial charge < -0.3 is 5.32 Å². The van der Waals surface area contributed by atoms with Gasteiger partial charge in [-0.1, -0.05) is 0 Å². The van der Waals surface area contributed by atoms with Gasteiger partial charge in [0.2, 0.25) is 5.91 Å². The molecule has 0 radical (unpaired) electrons. The fourth-order valence-electron chi connectivity index (χ4n) is 1.13. The number of alkyl halides is 1. The van der Waals surface area contributed by atoms with Crippen LogP contribution >= 0.6 is 22.9 Å². The Hall–Kier alpha value is -1.13. The van der Waals surface area contributed by atoms with Gasteiger partial charge in [0, 0.05) is 5.69 Å². The molecule has 0 atom stereocenters. The number of carbonyl (C=O) groups is 1. The largest absolute Gasteiger partial charge is 0.325 e. The molecular formula is C9H7ClN2OS. The van der Waals surface area contributed by atoms with Crippen molar-refractivity contribution in [1.82, 2.24) is 4.98 Å². The van der Waals surface area contributed by atoms with Crippen molar-refractivity contribution in [3.8, 4) is 0 Å². The number of rotatable bonds is 2. The lowest BCUT2D eigenvalue weighted by Gasteiger charge is -2.01. The Morgan fingerprint density at radius 2 is 2.43 bits per heavy atom. The van der Waals surface area contributed by atoms with Crippen molar-refractivity contribution >= 4 is 44.7 Å². The molecule has 0 unspecified atom stereocenters. The van der Waals surface area contributed by atoms with Gasteiger partial charge in [0.05, 0.1) is 15.7 Å². The number of thiazole rings is 1. The molecule has 0 saturated carbocycles. The van der Waals surface area contributed by atoms with Gasteiger partial charge in [-0.05, 0) is 18.2 Å². The van der Waals surface area contributed by atoms with Crippen LogP contribution in [0.15, 0.2) is 23.7 Å². The second-order valence-electron chi connectivity index (χ2n) is 2.72. The van der Waals surface area contributed by atoms with Gasteiger partial charge >= 0.3 is 0 Å². The number of carbonyl (C=O) groups excluding carboxylic acids is 1. The van der Waals surface area contributed by atoms with Crippen molar-refractivity contribution in [3.63, 3.8) is 0 Å². The molecule has 1 amide bonds. The lowest BCUT2D eigenvalue weighted by Crippen LogP contribution is -2.12. The van der Waals surface area contributed by atoms with Crippen LogP contribution in [-0.2, 0) is 4.79 Å². The van der Waals surface area contributed by atoms with E-state index in [4.69, 9.17) is 11.6 Å². The van der Waals surface area contributed by atoms with Crippen LogP contribution in [0.4, 0.5) is 5.69 Å². The molecule has 1 aromatic carbocycles. The van der Waals surface area contributed by atoms with Crippen LogP contribution in [0.2, 0.25) is 0 Å². The van der Waals surface area contributed by atoms with Gasteiger partial charge in [0.15, 0.2) is 0 Å². The van der Waals surface area contributed by atoms with Gasteiger partial charge in [0.25, 0.3) is 0 Å². The second-order valence-corrected chi connectivity index (χ2v) is 3.87. The maximum atomic E-state index is 11.0. The van der Waals surface area contributed by atoms with E-state index in [1.165, 1.54) is 0 Å². The fraction of sp³-hybridized carbons (Fsp3) is 0.111. The first kappa shape index (κ1) is 9.43. The van der Waals surface area contributed by atoms with Crippen molar-refractivity contribution < 1.29 is 4.79 Å². The number of aromatic nitrogens is 1. The summed E-state index contributed by atoms with van der Waals surface area (Å²) >= 11 is 6.92. The van der Waals surface area contributed by atoms with E-state index < -0.39 is 0 Å². The molecule has 1 heterocycles. The third kappa shape index (κ3) is 1.86. The summed E-state index contributed by atoms with van der Waals surface area (Å²) in [5.41, 5.74) is 3.48. The number of fused-ring (bicyclic) bond motifs is 1. The van der Waals surface area contributed by atoms with Crippen molar-refractivity contribution in [3.05, 3.63) is 23.7 Å². The van der Waals surface area contributed by atoms with Gasteiger partial charge in [-0.3, -0.25) is 4.79 Å². The Morgan fingerprint density at radius 3 is 3.21 bits per heavy atom. The van der Waals surface area contributed by atoms with Crippen molar-refractivity contribution in [1.29, 1.82) is 0 Å². The van der Waals surface area contributed by atoms with Gasteiger partial charge in [0.1, 0.15) is 5.88 Å². The van der Waals surface area contributed by atoms with Crippen LogP contribution in [0.3, 0.4) is 0 Å². The topological polar surface area (TPSA) is 42.0 Å². The molecule has 0 aliphatic carbocycles. The molecule has 14 heavy (non-hydrogen) atoms. The number of hydrogen-bond acceptors (Lipinski definition) is 3.